The van der Waals surface area contributed by atoms with Crippen LogP contribution in [0.3, 0.4) is 0 Å². The van der Waals surface area contributed by atoms with Crippen LogP contribution in [0.1, 0.15) is 29.8 Å². The predicted molar refractivity (Wildman–Crippen MR) is 73.2 cm³/mol. The number of amides is 1. The third-order valence-corrected chi connectivity index (χ3v) is 3.22. The number of anilines is 1. The molecule has 1 heterocycles. The van der Waals surface area contributed by atoms with Gasteiger partial charge in [0.2, 0.25) is 5.91 Å². The van der Waals surface area contributed by atoms with E-state index in [1.165, 1.54) is 0 Å². The van der Waals surface area contributed by atoms with Crippen LogP contribution in [0.25, 0.3) is 0 Å². The maximum Gasteiger partial charge on any atom is 0.338 e. The summed E-state index contributed by atoms with van der Waals surface area (Å²) in [7, 11) is 0. The number of ether oxygens (including phenoxy) is 1. The molecule has 1 aromatic carbocycles. The zero-order valence-electron chi connectivity index (χ0n) is 11.2. The Labute approximate surface area is 112 Å². The molecule has 100 valence electrons. The Morgan fingerprint density at radius 3 is 2.84 bits per heavy atom. The minimum absolute atomic E-state index is 0.0226. The van der Waals surface area contributed by atoms with Crippen LogP contribution in [0.15, 0.2) is 30.9 Å². The van der Waals surface area contributed by atoms with Crippen LogP contribution in [-0.4, -0.2) is 24.5 Å². The van der Waals surface area contributed by atoms with Gasteiger partial charge in [-0.1, -0.05) is 12.7 Å². The number of nitrogens with zero attached hydrogens (tertiary/aromatic N) is 1. The maximum atomic E-state index is 11.9. The normalized spacial score (nSPS) is 14.7. The van der Waals surface area contributed by atoms with Crippen molar-refractivity contribution in [2.75, 3.05) is 11.4 Å². The van der Waals surface area contributed by atoms with Crippen LogP contribution in [0.5, 0.6) is 0 Å². The van der Waals surface area contributed by atoms with Gasteiger partial charge >= 0.3 is 5.97 Å². The first-order chi connectivity index (χ1) is 9.02. The summed E-state index contributed by atoms with van der Waals surface area (Å²) in [5.74, 6) is -0.342. The molecule has 0 N–H and O–H groups in total. The Kier molecular flexibility index (Phi) is 3.69. The Hall–Kier alpha value is -2.10. The summed E-state index contributed by atoms with van der Waals surface area (Å²) in [6.45, 7) is 7.55. The summed E-state index contributed by atoms with van der Waals surface area (Å²) in [5, 5.41) is 0. The molecule has 2 rings (SSSR count). The van der Waals surface area contributed by atoms with Crippen molar-refractivity contribution in [1.82, 2.24) is 0 Å². The minimum atomic E-state index is -0.364. The van der Waals surface area contributed by atoms with E-state index in [-0.39, 0.29) is 18.0 Å². The Balaban J connectivity index is 2.21. The monoisotopic (exact) mass is 259 g/mol. The number of hydrogen-bond donors (Lipinski definition) is 0. The molecule has 0 spiro atoms. The number of carbonyl (C=O) groups excluding carboxylic acids is 2. The molecule has 4 heteroatoms. The first-order valence-electron chi connectivity index (χ1n) is 6.27. The van der Waals surface area contributed by atoms with Gasteiger partial charge in [0.05, 0.1) is 5.56 Å². The van der Waals surface area contributed by atoms with Crippen molar-refractivity contribution in [1.29, 1.82) is 0 Å². The molecule has 0 aromatic heterocycles. The number of hydrogen-bond acceptors (Lipinski definition) is 3. The lowest BCUT2D eigenvalue weighted by Gasteiger charge is -2.15. The van der Waals surface area contributed by atoms with Crippen LogP contribution < -0.4 is 4.90 Å². The SMILES string of the molecule is C=C[C@@H](C)OC(=O)c1ccc2c(c1)CCN2C(C)=O. The molecule has 1 aliphatic heterocycles. The van der Waals surface area contributed by atoms with Crippen LogP contribution in [0.4, 0.5) is 5.69 Å². The highest BCUT2D eigenvalue weighted by Crippen LogP contribution is 2.29. The fourth-order valence-corrected chi connectivity index (χ4v) is 2.14. The van der Waals surface area contributed by atoms with E-state index in [1.54, 1.807) is 43.0 Å². The van der Waals surface area contributed by atoms with Gasteiger partial charge < -0.3 is 9.64 Å². The summed E-state index contributed by atoms with van der Waals surface area (Å²) in [6.07, 6.45) is 2.03. The van der Waals surface area contributed by atoms with E-state index in [0.717, 1.165) is 17.7 Å². The Morgan fingerprint density at radius 1 is 1.47 bits per heavy atom. The standard InChI is InChI=1S/C15H17NO3/c1-4-10(2)19-15(18)13-5-6-14-12(9-13)7-8-16(14)11(3)17/h4-6,9-10H,1,7-8H2,2-3H3/t10-/m1/s1. The summed E-state index contributed by atoms with van der Waals surface area (Å²) in [6, 6.07) is 5.30. The Morgan fingerprint density at radius 2 is 2.21 bits per heavy atom. The summed E-state index contributed by atoms with van der Waals surface area (Å²) >= 11 is 0. The van der Waals surface area contributed by atoms with Crippen molar-refractivity contribution >= 4 is 17.6 Å². The first-order valence-corrected chi connectivity index (χ1v) is 6.27. The van der Waals surface area contributed by atoms with Gasteiger partial charge in [0, 0.05) is 19.2 Å². The molecule has 1 aromatic rings. The van der Waals surface area contributed by atoms with Crippen molar-refractivity contribution in [3.05, 3.63) is 42.0 Å². The quantitative estimate of drug-likeness (QED) is 0.618. The third-order valence-electron chi connectivity index (χ3n) is 3.22. The molecular formula is C15H17NO3. The highest BCUT2D eigenvalue weighted by molar-refractivity contribution is 5.96. The molecule has 4 nitrogen and oxygen atoms in total. The van der Waals surface area contributed by atoms with Crippen LogP contribution in [-0.2, 0) is 16.0 Å². The summed E-state index contributed by atoms with van der Waals surface area (Å²) < 4.78 is 5.18. The lowest BCUT2D eigenvalue weighted by Crippen LogP contribution is -2.25. The van der Waals surface area contributed by atoms with E-state index in [4.69, 9.17) is 4.74 Å². The second-order valence-corrected chi connectivity index (χ2v) is 4.61. The number of rotatable bonds is 3. The van der Waals surface area contributed by atoms with Gasteiger partial charge in [-0.05, 0) is 37.1 Å². The third kappa shape index (κ3) is 2.67. The van der Waals surface area contributed by atoms with Crippen LogP contribution in [0.2, 0.25) is 0 Å². The molecule has 0 fully saturated rings. The number of esters is 1. The fraction of sp³-hybridized carbons (Fsp3) is 0.333. The first kappa shape index (κ1) is 13.3. The highest BCUT2D eigenvalue weighted by atomic mass is 16.5. The van der Waals surface area contributed by atoms with Gasteiger partial charge in [0.1, 0.15) is 6.10 Å². The zero-order valence-corrected chi connectivity index (χ0v) is 11.2. The molecule has 0 saturated carbocycles. The molecule has 1 amide bonds. The van der Waals surface area contributed by atoms with Gasteiger partial charge in [0.25, 0.3) is 0 Å². The lowest BCUT2D eigenvalue weighted by molar-refractivity contribution is -0.116. The largest absolute Gasteiger partial charge is 0.455 e. The molecule has 1 atom stereocenters. The van der Waals surface area contributed by atoms with Crippen LogP contribution in [0, 0.1) is 0 Å². The minimum Gasteiger partial charge on any atom is -0.455 e. The van der Waals surface area contributed by atoms with Gasteiger partial charge in [0.15, 0.2) is 0 Å². The number of carbonyl (C=O) groups is 2. The van der Waals surface area contributed by atoms with Crippen molar-refractivity contribution in [3.8, 4) is 0 Å². The predicted octanol–water partition coefficient (Wildman–Crippen LogP) is 2.33. The molecule has 0 aliphatic carbocycles. The van der Waals surface area contributed by atoms with E-state index >= 15 is 0 Å². The smallest absolute Gasteiger partial charge is 0.338 e. The van der Waals surface area contributed by atoms with Gasteiger partial charge in [-0.25, -0.2) is 4.79 Å². The fourth-order valence-electron chi connectivity index (χ4n) is 2.14. The Bertz CT molecular complexity index is 536. The lowest BCUT2D eigenvalue weighted by atomic mass is 10.1. The van der Waals surface area contributed by atoms with Crippen molar-refractivity contribution in [3.63, 3.8) is 0 Å². The second-order valence-electron chi connectivity index (χ2n) is 4.61. The number of fused-ring (bicyclic) bond motifs is 1. The molecule has 1 aliphatic rings. The van der Waals surface area contributed by atoms with Gasteiger partial charge in [-0.2, -0.15) is 0 Å². The van der Waals surface area contributed by atoms with Crippen molar-refractivity contribution in [2.24, 2.45) is 0 Å². The average molecular weight is 259 g/mol. The molecule has 0 bridgehead atoms. The molecule has 19 heavy (non-hydrogen) atoms. The topological polar surface area (TPSA) is 46.6 Å². The molecule has 0 radical (unpaired) electrons. The van der Waals surface area contributed by atoms with E-state index in [1.807, 2.05) is 0 Å². The van der Waals surface area contributed by atoms with Crippen molar-refractivity contribution in [2.45, 2.75) is 26.4 Å². The van der Waals surface area contributed by atoms with Gasteiger partial charge in [-0.3, -0.25) is 4.79 Å². The molecule has 0 saturated heterocycles. The molecule has 0 unspecified atom stereocenters. The number of benzene rings is 1. The van der Waals surface area contributed by atoms with Gasteiger partial charge in [-0.15, -0.1) is 0 Å². The highest BCUT2D eigenvalue weighted by Gasteiger charge is 2.23. The van der Waals surface area contributed by atoms with Crippen LogP contribution >= 0.6 is 0 Å². The summed E-state index contributed by atoms with van der Waals surface area (Å²) in [5.41, 5.74) is 2.41. The van der Waals surface area contributed by atoms with E-state index in [0.29, 0.717) is 12.1 Å². The second kappa shape index (κ2) is 5.26. The van der Waals surface area contributed by atoms with E-state index < -0.39 is 0 Å². The molecular weight excluding hydrogens is 242 g/mol. The van der Waals surface area contributed by atoms with Crippen molar-refractivity contribution < 1.29 is 14.3 Å². The van der Waals surface area contributed by atoms with E-state index in [9.17, 15) is 9.59 Å². The maximum absolute atomic E-state index is 11.9. The summed E-state index contributed by atoms with van der Waals surface area (Å²) in [4.78, 5) is 25.0. The van der Waals surface area contributed by atoms with E-state index in [2.05, 4.69) is 6.58 Å². The zero-order chi connectivity index (χ0) is 14.0. The average Bonchev–Trinajstić information content (AvgIpc) is 2.81.